The average Bonchev–Trinajstić information content (AvgIpc) is 2.79. The number of aryl methyl sites for hydroxylation is 1. The van der Waals surface area contributed by atoms with Crippen molar-refractivity contribution in [3.63, 3.8) is 0 Å². The molecule has 3 aromatic carbocycles. The number of nitrogens with zero attached hydrogens (tertiary/aromatic N) is 1. The number of ether oxygens (including phenoxy) is 1. The van der Waals surface area contributed by atoms with Gasteiger partial charge in [0.15, 0.2) is 15.9 Å². The highest BCUT2D eigenvalue weighted by Gasteiger charge is 2.26. The summed E-state index contributed by atoms with van der Waals surface area (Å²) in [5, 5.41) is 0. The molecule has 3 rings (SSSR count). The maximum Gasteiger partial charge on any atom is 0.339 e. The van der Waals surface area contributed by atoms with Crippen molar-refractivity contribution in [3.05, 3.63) is 101 Å². The minimum Gasteiger partial charge on any atom is -0.449 e. The van der Waals surface area contributed by atoms with Gasteiger partial charge in [0.2, 0.25) is 0 Å². The van der Waals surface area contributed by atoms with Gasteiger partial charge < -0.3 is 9.64 Å². The molecule has 0 saturated carbocycles. The summed E-state index contributed by atoms with van der Waals surface area (Å²) in [5.74, 6) is -1.08. The summed E-state index contributed by atoms with van der Waals surface area (Å²) < 4.78 is 29.2. The zero-order chi connectivity index (χ0) is 24.0. The second-order valence-corrected chi connectivity index (χ2v) is 9.98. The molecule has 0 aliphatic rings. The van der Waals surface area contributed by atoms with Crippen LogP contribution in [0.1, 0.15) is 34.0 Å². The highest BCUT2D eigenvalue weighted by molar-refractivity contribution is 7.90. The van der Waals surface area contributed by atoms with E-state index in [0.717, 1.165) is 17.4 Å². The van der Waals surface area contributed by atoms with Gasteiger partial charge in [0.05, 0.1) is 10.5 Å². The summed E-state index contributed by atoms with van der Waals surface area (Å²) >= 11 is 0. The second-order valence-electron chi connectivity index (χ2n) is 7.96. The van der Waals surface area contributed by atoms with E-state index in [9.17, 15) is 18.0 Å². The van der Waals surface area contributed by atoms with Gasteiger partial charge in [-0.15, -0.1) is 0 Å². The number of hydrogen-bond acceptors (Lipinski definition) is 5. The van der Waals surface area contributed by atoms with Crippen LogP contribution in [0.3, 0.4) is 0 Å². The first-order valence-corrected chi connectivity index (χ1v) is 12.4. The average molecular weight is 466 g/mol. The molecule has 0 saturated heterocycles. The van der Waals surface area contributed by atoms with E-state index in [1.54, 1.807) is 17.9 Å². The summed E-state index contributed by atoms with van der Waals surface area (Å²) in [6.45, 7) is 3.93. The van der Waals surface area contributed by atoms with E-state index >= 15 is 0 Å². The van der Waals surface area contributed by atoms with Crippen LogP contribution < -0.4 is 0 Å². The number of rotatable bonds is 8. The van der Waals surface area contributed by atoms with Crippen LogP contribution in [0.5, 0.6) is 0 Å². The second kappa shape index (κ2) is 10.4. The summed E-state index contributed by atoms with van der Waals surface area (Å²) in [5.41, 5.74) is 2.60. The Morgan fingerprint density at radius 1 is 0.879 bits per heavy atom. The number of carbonyl (C=O) groups is 2. The Kier molecular flexibility index (Phi) is 7.66. The van der Waals surface area contributed by atoms with Crippen LogP contribution in [0, 0.1) is 6.92 Å². The lowest BCUT2D eigenvalue weighted by Gasteiger charge is -2.26. The molecule has 172 valence electrons. The van der Waals surface area contributed by atoms with Crippen molar-refractivity contribution in [2.75, 3.05) is 6.26 Å². The molecule has 0 fully saturated rings. The predicted molar refractivity (Wildman–Crippen MR) is 126 cm³/mol. The molecule has 0 spiro atoms. The van der Waals surface area contributed by atoms with E-state index in [0.29, 0.717) is 18.7 Å². The van der Waals surface area contributed by atoms with E-state index in [2.05, 4.69) is 0 Å². The number of carbonyl (C=O) groups excluding carboxylic acids is 2. The van der Waals surface area contributed by atoms with E-state index in [-0.39, 0.29) is 16.4 Å². The van der Waals surface area contributed by atoms with Gasteiger partial charge in [0.25, 0.3) is 5.91 Å². The lowest BCUT2D eigenvalue weighted by molar-refractivity contribution is -0.141. The van der Waals surface area contributed by atoms with Crippen molar-refractivity contribution in [2.45, 2.75) is 37.9 Å². The molecule has 0 aromatic heterocycles. The quantitative estimate of drug-likeness (QED) is 0.467. The number of benzene rings is 3. The maximum atomic E-state index is 13.3. The molecule has 1 unspecified atom stereocenters. The van der Waals surface area contributed by atoms with E-state index < -0.39 is 21.9 Å². The SMILES string of the molecule is Cc1ccc(S(C)(=O)=O)cc1C(=O)OC(C)C(=O)N(Cc1ccccc1)Cc1ccccc1. The van der Waals surface area contributed by atoms with Crippen molar-refractivity contribution < 1.29 is 22.7 Å². The van der Waals surface area contributed by atoms with Crippen molar-refractivity contribution in [1.29, 1.82) is 0 Å². The molecule has 0 radical (unpaired) electrons. The zero-order valence-corrected chi connectivity index (χ0v) is 19.7. The highest BCUT2D eigenvalue weighted by Crippen LogP contribution is 2.18. The smallest absolute Gasteiger partial charge is 0.339 e. The molecule has 1 atom stereocenters. The van der Waals surface area contributed by atoms with Crippen molar-refractivity contribution in [1.82, 2.24) is 4.90 Å². The molecule has 1 amide bonds. The Balaban J connectivity index is 1.80. The zero-order valence-electron chi connectivity index (χ0n) is 18.9. The third kappa shape index (κ3) is 6.52. The number of sulfone groups is 1. The van der Waals surface area contributed by atoms with Gasteiger partial charge in [-0.2, -0.15) is 0 Å². The van der Waals surface area contributed by atoms with E-state index in [4.69, 9.17) is 4.74 Å². The fourth-order valence-electron chi connectivity index (χ4n) is 3.40. The minimum atomic E-state index is -3.49. The molecule has 0 heterocycles. The first-order valence-electron chi connectivity index (χ1n) is 10.5. The van der Waals surface area contributed by atoms with Gasteiger partial charge in [-0.3, -0.25) is 4.79 Å². The Hall–Kier alpha value is -3.45. The van der Waals surface area contributed by atoms with Gasteiger partial charge in [0.1, 0.15) is 0 Å². The molecule has 7 heteroatoms. The fraction of sp³-hybridized carbons (Fsp3) is 0.231. The molecular formula is C26H27NO5S. The fourth-order valence-corrected chi connectivity index (χ4v) is 4.05. The topological polar surface area (TPSA) is 80.7 Å². The first-order chi connectivity index (χ1) is 15.6. The molecule has 3 aromatic rings. The van der Waals surface area contributed by atoms with Gasteiger partial charge in [-0.05, 0) is 42.7 Å². The summed E-state index contributed by atoms with van der Waals surface area (Å²) in [6, 6.07) is 23.4. The Morgan fingerprint density at radius 2 is 1.39 bits per heavy atom. The highest BCUT2D eigenvalue weighted by atomic mass is 32.2. The molecule has 33 heavy (non-hydrogen) atoms. The van der Waals surface area contributed by atoms with Crippen LogP contribution in [0.4, 0.5) is 0 Å². The van der Waals surface area contributed by atoms with Crippen LogP contribution in [0.25, 0.3) is 0 Å². The predicted octanol–water partition coefficient (Wildman–Crippen LogP) is 4.17. The van der Waals surface area contributed by atoms with Gasteiger partial charge >= 0.3 is 5.97 Å². The molecule has 0 bridgehead atoms. The monoisotopic (exact) mass is 465 g/mol. The maximum absolute atomic E-state index is 13.3. The molecule has 0 aliphatic heterocycles. The van der Waals surface area contributed by atoms with Crippen molar-refractivity contribution in [2.24, 2.45) is 0 Å². The van der Waals surface area contributed by atoms with Crippen LogP contribution >= 0.6 is 0 Å². The van der Waals surface area contributed by atoms with Gasteiger partial charge in [0, 0.05) is 19.3 Å². The minimum absolute atomic E-state index is 0.0220. The largest absolute Gasteiger partial charge is 0.449 e. The van der Waals surface area contributed by atoms with Crippen LogP contribution in [-0.2, 0) is 32.5 Å². The molecule has 0 aliphatic carbocycles. The van der Waals surface area contributed by atoms with E-state index in [1.165, 1.54) is 19.1 Å². The molecule has 0 N–H and O–H groups in total. The van der Waals surface area contributed by atoms with Crippen LogP contribution in [0.15, 0.2) is 83.8 Å². The molecule has 6 nitrogen and oxygen atoms in total. The number of hydrogen-bond donors (Lipinski definition) is 0. The third-order valence-corrected chi connectivity index (χ3v) is 6.34. The summed E-state index contributed by atoms with van der Waals surface area (Å²) in [7, 11) is -3.49. The van der Waals surface area contributed by atoms with Crippen molar-refractivity contribution >= 4 is 21.7 Å². The summed E-state index contributed by atoms with van der Waals surface area (Å²) in [6.07, 6.45) is 0.0236. The number of esters is 1. The lowest BCUT2D eigenvalue weighted by Crippen LogP contribution is -2.39. The van der Waals surface area contributed by atoms with Gasteiger partial charge in [-0.1, -0.05) is 66.7 Å². The van der Waals surface area contributed by atoms with Crippen LogP contribution in [0.2, 0.25) is 0 Å². The third-order valence-electron chi connectivity index (χ3n) is 5.23. The standard InChI is InChI=1S/C26H27NO5S/c1-19-14-15-23(33(3,30)31)16-24(19)26(29)32-20(2)25(28)27(17-21-10-6-4-7-11-21)18-22-12-8-5-9-13-22/h4-16,20H,17-18H2,1-3H3. The molecular weight excluding hydrogens is 438 g/mol. The Labute approximate surface area is 194 Å². The van der Waals surface area contributed by atoms with E-state index in [1.807, 2.05) is 60.7 Å². The first kappa shape index (κ1) is 24.2. The summed E-state index contributed by atoms with van der Waals surface area (Å²) in [4.78, 5) is 27.8. The number of amides is 1. The Bertz CT molecular complexity index is 1180. The van der Waals surface area contributed by atoms with Gasteiger partial charge in [-0.25, -0.2) is 13.2 Å². The Morgan fingerprint density at radius 3 is 1.88 bits per heavy atom. The lowest BCUT2D eigenvalue weighted by atomic mass is 10.1. The normalized spacial score (nSPS) is 12.1. The van der Waals surface area contributed by atoms with Crippen molar-refractivity contribution in [3.8, 4) is 0 Å². The van der Waals surface area contributed by atoms with Crippen LogP contribution in [-0.4, -0.2) is 37.6 Å².